The second kappa shape index (κ2) is 6.43. The highest BCUT2D eigenvalue weighted by Crippen LogP contribution is 2.22. The van der Waals surface area contributed by atoms with Crippen molar-refractivity contribution in [2.45, 2.75) is 53.2 Å². The number of aryl methyl sites for hydroxylation is 1. The molecule has 1 aromatic carbocycles. The van der Waals surface area contributed by atoms with E-state index < -0.39 is 6.10 Å². The van der Waals surface area contributed by atoms with E-state index in [4.69, 9.17) is 4.74 Å². The van der Waals surface area contributed by atoms with Crippen LogP contribution in [0.2, 0.25) is 0 Å². The van der Waals surface area contributed by atoms with Gasteiger partial charge in [0, 0.05) is 6.04 Å². The first-order valence-electron chi connectivity index (χ1n) is 6.49. The molecule has 1 amide bonds. The fraction of sp³-hybridized carbons (Fsp3) is 0.533. The van der Waals surface area contributed by atoms with E-state index in [-0.39, 0.29) is 11.9 Å². The van der Waals surface area contributed by atoms with Gasteiger partial charge in [-0.3, -0.25) is 4.79 Å². The molecule has 0 aliphatic heterocycles. The summed E-state index contributed by atoms with van der Waals surface area (Å²) in [5, 5.41) is 2.88. The van der Waals surface area contributed by atoms with Crippen molar-refractivity contribution in [1.82, 2.24) is 5.32 Å². The standard InChI is InChI=1S/C15H23NO2/c1-6-13(15(17)16-10(2)3)18-14-9-7-8-11(4)12(14)5/h7-10,13H,6H2,1-5H3,(H,16,17)/t13-/m0/s1. The lowest BCUT2D eigenvalue weighted by atomic mass is 10.1. The van der Waals surface area contributed by atoms with Gasteiger partial charge in [-0.05, 0) is 51.3 Å². The minimum Gasteiger partial charge on any atom is -0.480 e. The molecule has 0 saturated carbocycles. The summed E-state index contributed by atoms with van der Waals surface area (Å²) in [5.41, 5.74) is 2.26. The second-order valence-electron chi connectivity index (χ2n) is 4.88. The zero-order chi connectivity index (χ0) is 13.7. The van der Waals surface area contributed by atoms with Crippen molar-refractivity contribution in [3.8, 4) is 5.75 Å². The van der Waals surface area contributed by atoms with Gasteiger partial charge >= 0.3 is 0 Å². The van der Waals surface area contributed by atoms with Gasteiger partial charge in [0.2, 0.25) is 0 Å². The average Bonchev–Trinajstić information content (AvgIpc) is 2.30. The summed E-state index contributed by atoms with van der Waals surface area (Å²) in [4.78, 5) is 11.9. The minimum absolute atomic E-state index is 0.0478. The number of hydrogen-bond donors (Lipinski definition) is 1. The highest BCUT2D eigenvalue weighted by atomic mass is 16.5. The van der Waals surface area contributed by atoms with Crippen molar-refractivity contribution >= 4 is 5.91 Å². The molecule has 0 radical (unpaired) electrons. The summed E-state index contributed by atoms with van der Waals surface area (Å²) in [6.07, 6.45) is 0.235. The smallest absolute Gasteiger partial charge is 0.261 e. The van der Waals surface area contributed by atoms with Gasteiger partial charge in [-0.1, -0.05) is 19.1 Å². The number of ether oxygens (including phenoxy) is 1. The van der Waals surface area contributed by atoms with Crippen molar-refractivity contribution in [2.75, 3.05) is 0 Å². The van der Waals surface area contributed by atoms with Crippen molar-refractivity contribution < 1.29 is 9.53 Å². The monoisotopic (exact) mass is 249 g/mol. The van der Waals surface area contributed by atoms with Gasteiger partial charge in [0.05, 0.1) is 0 Å². The number of benzene rings is 1. The van der Waals surface area contributed by atoms with E-state index in [1.807, 2.05) is 52.8 Å². The largest absolute Gasteiger partial charge is 0.480 e. The lowest BCUT2D eigenvalue weighted by Gasteiger charge is -2.20. The molecular formula is C15H23NO2. The molecule has 100 valence electrons. The molecule has 18 heavy (non-hydrogen) atoms. The summed E-state index contributed by atoms with van der Waals surface area (Å²) in [6.45, 7) is 9.90. The Hall–Kier alpha value is -1.51. The number of rotatable bonds is 5. The Morgan fingerprint density at radius 2 is 2.00 bits per heavy atom. The second-order valence-corrected chi connectivity index (χ2v) is 4.88. The normalized spacial score (nSPS) is 12.3. The highest BCUT2D eigenvalue weighted by Gasteiger charge is 2.19. The lowest BCUT2D eigenvalue weighted by molar-refractivity contribution is -0.128. The Labute approximate surface area is 110 Å². The predicted octanol–water partition coefficient (Wildman–Crippen LogP) is 2.99. The molecule has 0 aliphatic carbocycles. The maximum absolute atomic E-state index is 11.9. The fourth-order valence-electron chi connectivity index (χ4n) is 1.70. The third-order valence-corrected chi connectivity index (χ3v) is 2.92. The first-order valence-corrected chi connectivity index (χ1v) is 6.49. The fourth-order valence-corrected chi connectivity index (χ4v) is 1.70. The van der Waals surface area contributed by atoms with E-state index in [0.717, 1.165) is 11.3 Å². The van der Waals surface area contributed by atoms with E-state index in [1.54, 1.807) is 0 Å². The molecule has 1 atom stereocenters. The quantitative estimate of drug-likeness (QED) is 0.871. The molecule has 1 rings (SSSR count). The Morgan fingerprint density at radius 3 is 2.56 bits per heavy atom. The molecular weight excluding hydrogens is 226 g/mol. The summed E-state index contributed by atoms with van der Waals surface area (Å²) in [5.74, 6) is 0.745. The predicted molar refractivity (Wildman–Crippen MR) is 73.9 cm³/mol. The number of carbonyl (C=O) groups is 1. The molecule has 0 fully saturated rings. The van der Waals surface area contributed by atoms with Crippen LogP contribution >= 0.6 is 0 Å². The van der Waals surface area contributed by atoms with Crippen LogP contribution in [0.15, 0.2) is 18.2 Å². The maximum Gasteiger partial charge on any atom is 0.261 e. The Balaban J connectivity index is 2.80. The first kappa shape index (κ1) is 14.6. The van der Waals surface area contributed by atoms with Gasteiger partial charge in [0.1, 0.15) is 5.75 Å². The zero-order valence-electron chi connectivity index (χ0n) is 11.9. The van der Waals surface area contributed by atoms with Crippen LogP contribution in [0.4, 0.5) is 0 Å². The van der Waals surface area contributed by atoms with Crippen molar-refractivity contribution in [1.29, 1.82) is 0 Å². The molecule has 0 heterocycles. The van der Waals surface area contributed by atoms with Crippen LogP contribution in [0, 0.1) is 13.8 Å². The number of carbonyl (C=O) groups excluding carboxylic acids is 1. The van der Waals surface area contributed by atoms with Gasteiger partial charge in [0.25, 0.3) is 5.91 Å². The third kappa shape index (κ3) is 3.76. The molecule has 0 aliphatic rings. The van der Waals surface area contributed by atoms with Gasteiger partial charge in [-0.15, -0.1) is 0 Å². The molecule has 1 N–H and O–H groups in total. The van der Waals surface area contributed by atoms with Crippen LogP contribution in [0.1, 0.15) is 38.3 Å². The number of amides is 1. The zero-order valence-corrected chi connectivity index (χ0v) is 11.9. The summed E-state index contributed by atoms with van der Waals surface area (Å²) in [6, 6.07) is 6.03. The Kier molecular flexibility index (Phi) is 5.20. The van der Waals surface area contributed by atoms with Gasteiger partial charge in [-0.2, -0.15) is 0 Å². The molecule has 0 saturated heterocycles. The van der Waals surface area contributed by atoms with Crippen LogP contribution in [0.25, 0.3) is 0 Å². The van der Waals surface area contributed by atoms with Crippen LogP contribution < -0.4 is 10.1 Å². The van der Waals surface area contributed by atoms with Crippen molar-refractivity contribution in [3.63, 3.8) is 0 Å². The number of nitrogens with one attached hydrogen (secondary N) is 1. The van der Waals surface area contributed by atoms with Crippen molar-refractivity contribution in [3.05, 3.63) is 29.3 Å². The van der Waals surface area contributed by atoms with Crippen LogP contribution in [0.3, 0.4) is 0 Å². The molecule has 3 heteroatoms. The van der Waals surface area contributed by atoms with E-state index in [1.165, 1.54) is 5.56 Å². The highest BCUT2D eigenvalue weighted by molar-refractivity contribution is 5.81. The lowest BCUT2D eigenvalue weighted by Crippen LogP contribution is -2.41. The van der Waals surface area contributed by atoms with Gasteiger partial charge in [0.15, 0.2) is 6.10 Å². The first-order chi connectivity index (χ1) is 8.45. The molecule has 0 aromatic heterocycles. The van der Waals surface area contributed by atoms with E-state index in [2.05, 4.69) is 5.32 Å². The maximum atomic E-state index is 11.9. The van der Waals surface area contributed by atoms with E-state index >= 15 is 0 Å². The molecule has 0 unspecified atom stereocenters. The number of hydrogen-bond acceptors (Lipinski definition) is 2. The van der Waals surface area contributed by atoms with Crippen molar-refractivity contribution in [2.24, 2.45) is 0 Å². The molecule has 3 nitrogen and oxygen atoms in total. The summed E-state index contributed by atoms with van der Waals surface area (Å²) >= 11 is 0. The van der Waals surface area contributed by atoms with E-state index in [9.17, 15) is 4.79 Å². The average molecular weight is 249 g/mol. The van der Waals surface area contributed by atoms with E-state index in [0.29, 0.717) is 6.42 Å². The topological polar surface area (TPSA) is 38.3 Å². The third-order valence-electron chi connectivity index (χ3n) is 2.92. The minimum atomic E-state index is -0.423. The van der Waals surface area contributed by atoms with Gasteiger partial charge in [-0.25, -0.2) is 0 Å². The summed E-state index contributed by atoms with van der Waals surface area (Å²) < 4.78 is 5.83. The van der Waals surface area contributed by atoms with Gasteiger partial charge < -0.3 is 10.1 Å². The Bertz CT molecular complexity index is 413. The van der Waals surface area contributed by atoms with Crippen LogP contribution in [-0.4, -0.2) is 18.1 Å². The van der Waals surface area contributed by atoms with Crippen LogP contribution in [-0.2, 0) is 4.79 Å². The van der Waals surface area contributed by atoms with Crippen LogP contribution in [0.5, 0.6) is 5.75 Å². The summed E-state index contributed by atoms with van der Waals surface area (Å²) in [7, 11) is 0. The molecule has 0 spiro atoms. The SMILES string of the molecule is CC[C@H](Oc1cccc(C)c1C)C(=O)NC(C)C. The Morgan fingerprint density at radius 1 is 1.33 bits per heavy atom. The molecule has 1 aromatic rings. The molecule has 0 bridgehead atoms.